The van der Waals surface area contributed by atoms with Gasteiger partial charge in [-0.2, -0.15) is 18.2 Å². The van der Waals surface area contributed by atoms with Crippen molar-refractivity contribution in [3.05, 3.63) is 28.8 Å². The van der Waals surface area contributed by atoms with E-state index in [4.69, 9.17) is 21.1 Å². The highest BCUT2D eigenvalue weighted by Crippen LogP contribution is 2.49. The normalized spacial score (nSPS) is 23.6. The smallest absolute Gasteiger partial charge is 0.445 e. The molecule has 0 aromatic heterocycles. The Bertz CT molecular complexity index is 701. The molecule has 0 N–H and O–H groups in total. The molecule has 2 aliphatic rings. The van der Waals surface area contributed by atoms with Crippen molar-refractivity contribution in [3.8, 4) is 11.8 Å². The van der Waals surface area contributed by atoms with E-state index in [1.165, 1.54) is 25.3 Å². The van der Waals surface area contributed by atoms with E-state index in [0.717, 1.165) is 12.8 Å². The zero-order valence-corrected chi connectivity index (χ0v) is 12.3. The summed E-state index contributed by atoms with van der Waals surface area (Å²) in [6, 6.07) is 4.03. The SMILES string of the molecule is COC1=Nc2ccc(Cl)cc2C(C#CC2CC2)(C(F)(F)F)O1. The number of rotatable bonds is 0. The molecule has 1 saturated carbocycles. The van der Waals surface area contributed by atoms with Gasteiger partial charge in [0.15, 0.2) is 0 Å². The lowest BCUT2D eigenvalue weighted by Gasteiger charge is -2.34. The summed E-state index contributed by atoms with van der Waals surface area (Å²) in [6.07, 6.45) is -3.64. The highest BCUT2D eigenvalue weighted by atomic mass is 35.5. The van der Waals surface area contributed by atoms with Crippen LogP contribution in [-0.4, -0.2) is 19.4 Å². The van der Waals surface area contributed by atoms with Gasteiger partial charge >= 0.3 is 12.3 Å². The van der Waals surface area contributed by atoms with E-state index in [-0.39, 0.29) is 22.2 Å². The van der Waals surface area contributed by atoms with Crippen LogP contribution < -0.4 is 0 Å². The average molecular weight is 330 g/mol. The van der Waals surface area contributed by atoms with Crippen LogP contribution in [0.3, 0.4) is 0 Å². The Morgan fingerprint density at radius 3 is 2.73 bits per heavy atom. The topological polar surface area (TPSA) is 30.8 Å². The number of benzene rings is 1. The Morgan fingerprint density at radius 2 is 2.14 bits per heavy atom. The summed E-state index contributed by atoms with van der Waals surface area (Å²) in [7, 11) is 1.19. The quantitative estimate of drug-likeness (QED) is 0.669. The van der Waals surface area contributed by atoms with Crippen molar-refractivity contribution >= 4 is 23.4 Å². The number of fused-ring (bicyclic) bond motifs is 1. The van der Waals surface area contributed by atoms with Crippen LogP contribution in [0.4, 0.5) is 18.9 Å². The predicted octanol–water partition coefficient (Wildman–Crippen LogP) is 4.18. The minimum absolute atomic E-state index is 0.0182. The molecule has 1 aliphatic heterocycles. The van der Waals surface area contributed by atoms with Crippen LogP contribution in [0.5, 0.6) is 0 Å². The fourth-order valence-electron chi connectivity index (χ4n) is 2.09. The summed E-state index contributed by atoms with van der Waals surface area (Å²) >= 11 is 5.85. The summed E-state index contributed by atoms with van der Waals surface area (Å²) < 4.78 is 51.2. The minimum atomic E-state index is -4.77. The van der Waals surface area contributed by atoms with E-state index in [0.29, 0.717) is 0 Å². The number of methoxy groups -OCH3 is 1. The van der Waals surface area contributed by atoms with Crippen molar-refractivity contribution in [2.45, 2.75) is 24.6 Å². The zero-order valence-electron chi connectivity index (χ0n) is 11.5. The monoisotopic (exact) mass is 329 g/mol. The molecule has 1 heterocycles. The summed E-state index contributed by atoms with van der Waals surface area (Å²) in [6.45, 7) is 0. The maximum absolute atomic E-state index is 13.8. The maximum atomic E-state index is 13.8. The molecule has 116 valence electrons. The van der Waals surface area contributed by atoms with E-state index < -0.39 is 17.9 Å². The molecule has 7 heteroatoms. The van der Waals surface area contributed by atoms with Crippen LogP contribution in [0.25, 0.3) is 0 Å². The number of nitrogens with zero attached hydrogens (tertiary/aromatic N) is 1. The molecule has 22 heavy (non-hydrogen) atoms. The van der Waals surface area contributed by atoms with Gasteiger partial charge in [-0.25, -0.2) is 0 Å². The Labute approximate surface area is 130 Å². The average Bonchev–Trinajstić information content (AvgIpc) is 3.27. The fraction of sp³-hybridized carbons (Fsp3) is 0.400. The van der Waals surface area contributed by atoms with E-state index in [1.54, 1.807) is 0 Å². The number of halogens is 4. The third-order valence-electron chi connectivity index (χ3n) is 3.39. The van der Waals surface area contributed by atoms with E-state index in [2.05, 4.69) is 16.8 Å². The van der Waals surface area contributed by atoms with Gasteiger partial charge in [-0.1, -0.05) is 17.5 Å². The molecule has 1 atom stereocenters. The lowest BCUT2D eigenvalue weighted by molar-refractivity contribution is -0.240. The molecule has 3 rings (SSSR count). The molecule has 0 bridgehead atoms. The summed E-state index contributed by atoms with van der Waals surface area (Å²) in [5.74, 6) is 4.88. The van der Waals surface area contributed by atoms with Crippen molar-refractivity contribution < 1.29 is 22.6 Å². The molecule has 0 radical (unpaired) electrons. The predicted molar refractivity (Wildman–Crippen MR) is 74.9 cm³/mol. The second-order valence-electron chi connectivity index (χ2n) is 5.07. The van der Waals surface area contributed by atoms with Crippen molar-refractivity contribution in [1.29, 1.82) is 0 Å². The molecule has 0 amide bonds. The number of hydrogen-bond donors (Lipinski definition) is 0. The van der Waals surface area contributed by atoms with Crippen LogP contribution in [-0.2, 0) is 15.1 Å². The standard InChI is InChI=1S/C15H11ClF3NO2/c1-21-13-20-12-5-4-10(16)8-11(12)14(22-13,15(17,18)19)7-6-9-2-3-9/h4-5,8-9H,2-3H2,1H3. The van der Waals surface area contributed by atoms with Gasteiger partial charge in [-0.3, -0.25) is 0 Å². The van der Waals surface area contributed by atoms with Gasteiger partial charge in [0.25, 0.3) is 5.60 Å². The lowest BCUT2D eigenvalue weighted by atomic mass is 9.90. The van der Waals surface area contributed by atoms with Crippen molar-refractivity contribution in [2.75, 3.05) is 7.11 Å². The van der Waals surface area contributed by atoms with Gasteiger partial charge in [0, 0.05) is 16.5 Å². The van der Waals surface area contributed by atoms with E-state index >= 15 is 0 Å². The summed E-state index contributed by atoms with van der Waals surface area (Å²) in [5.41, 5.74) is -2.96. The first-order chi connectivity index (χ1) is 10.4. The van der Waals surface area contributed by atoms with Crippen molar-refractivity contribution in [2.24, 2.45) is 10.9 Å². The Hall–Kier alpha value is -1.87. The molecule has 1 aromatic carbocycles. The van der Waals surface area contributed by atoms with Gasteiger partial charge in [-0.15, -0.1) is 0 Å². The Balaban J connectivity index is 2.23. The highest BCUT2D eigenvalue weighted by Gasteiger charge is 2.61. The summed E-state index contributed by atoms with van der Waals surface area (Å²) in [5, 5.41) is 0.153. The van der Waals surface area contributed by atoms with Crippen LogP contribution in [0.2, 0.25) is 5.02 Å². The maximum Gasteiger partial charge on any atom is 0.445 e. The van der Waals surface area contributed by atoms with Gasteiger partial charge in [0.1, 0.15) is 0 Å². The summed E-state index contributed by atoms with van der Waals surface area (Å²) in [4.78, 5) is 3.90. The first-order valence-corrected chi connectivity index (χ1v) is 6.94. The minimum Gasteiger partial charge on any atom is -0.454 e. The molecule has 3 nitrogen and oxygen atoms in total. The van der Waals surface area contributed by atoms with Crippen molar-refractivity contribution in [3.63, 3.8) is 0 Å². The van der Waals surface area contributed by atoms with Crippen LogP contribution >= 0.6 is 11.6 Å². The van der Waals surface area contributed by atoms with Crippen LogP contribution in [0.15, 0.2) is 23.2 Å². The second kappa shape index (κ2) is 5.10. The van der Waals surface area contributed by atoms with Crippen LogP contribution in [0.1, 0.15) is 18.4 Å². The van der Waals surface area contributed by atoms with Gasteiger partial charge in [0.2, 0.25) is 0 Å². The molecule has 1 unspecified atom stereocenters. The number of alkyl halides is 3. The van der Waals surface area contributed by atoms with Crippen LogP contribution in [0, 0.1) is 17.8 Å². The number of aliphatic imine (C=N–C) groups is 1. The number of ether oxygens (including phenoxy) is 2. The highest BCUT2D eigenvalue weighted by molar-refractivity contribution is 6.30. The molecule has 1 aliphatic carbocycles. The third-order valence-corrected chi connectivity index (χ3v) is 3.63. The first kappa shape index (κ1) is 15.0. The third kappa shape index (κ3) is 2.50. The molecule has 1 aromatic rings. The molecule has 0 spiro atoms. The van der Waals surface area contributed by atoms with Gasteiger partial charge in [0.05, 0.1) is 12.8 Å². The molecule has 1 fully saturated rings. The van der Waals surface area contributed by atoms with E-state index in [9.17, 15) is 13.2 Å². The van der Waals surface area contributed by atoms with E-state index in [1.807, 2.05) is 0 Å². The Morgan fingerprint density at radius 1 is 1.41 bits per heavy atom. The Kier molecular flexibility index (Phi) is 3.48. The van der Waals surface area contributed by atoms with Gasteiger partial charge in [-0.05, 0) is 37.0 Å². The van der Waals surface area contributed by atoms with Gasteiger partial charge < -0.3 is 9.47 Å². The first-order valence-electron chi connectivity index (χ1n) is 6.57. The number of hydrogen-bond acceptors (Lipinski definition) is 3. The largest absolute Gasteiger partial charge is 0.454 e. The lowest BCUT2D eigenvalue weighted by Crippen LogP contribution is -2.47. The molecular weight excluding hydrogens is 319 g/mol. The molecule has 0 saturated heterocycles. The zero-order chi connectivity index (χ0) is 16.0. The second-order valence-corrected chi connectivity index (χ2v) is 5.50. The fourth-order valence-corrected chi connectivity index (χ4v) is 2.26. The van der Waals surface area contributed by atoms with Crippen molar-refractivity contribution in [1.82, 2.24) is 0 Å². The molecular formula is C15H11ClF3NO2.